The Kier molecular flexibility index (Phi) is 3.09. The van der Waals surface area contributed by atoms with E-state index in [1.807, 2.05) is 0 Å². The van der Waals surface area contributed by atoms with Gasteiger partial charge in [0, 0.05) is 0 Å². The SMILES string of the molecule is Cc1[nH]ncc1S(=O)(=O)Nc1ccc(C(=O)O)s1. The highest BCUT2D eigenvalue weighted by Gasteiger charge is 2.20. The van der Waals surface area contributed by atoms with Crippen molar-refractivity contribution in [3.8, 4) is 0 Å². The van der Waals surface area contributed by atoms with Crippen molar-refractivity contribution in [3.05, 3.63) is 28.9 Å². The molecule has 3 N–H and O–H groups in total. The molecule has 7 nitrogen and oxygen atoms in total. The van der Waals surface area contributed by atoms with Gasteiger partial charge in [0.25, 0.3) is 10.0 Å². The lowest BCUT2D eigenvalue weighted by Gasteiger charge is -2.03. The Morgan fingerprint density at radius 2 is 2.22 bits per heavy atom. The minimum atomic E-state index is -3.74. The second-order valence-electron chi connectivity index (χ2n) is 3.43. The number of nitrogens with zero attached hydrogens (tertiary/aromatic N) is 1. The lowest BCUT2D eigenvalue weighted by atomic mass is 10.5. The summed E-state index contributed by atoms with van der Waals surface area (Å²) in [5.74, 6) is -1.09. The average Bonchev–Trinajstić information content (AvgIpc) is 2.86. The van der Waals surface area contributed by atoms with Gasteiger partial charge in [-0.1, -0.05) is 0 Å². The Labute approximate surface area is 107 Å². The van der Waals surface area contributed by atoms with E-state index in [1.54, 1.807) is 6.92 Å². The van der Waals surface area contributed by atoms with Gasteiger partial charge in [-0.2, -0.15) is 5.10 Å². The number of carboxylic acid groups (broad SMARTS) is 1. The largest absolute Gasteiger partial charge is 0.477 e. The van der Waals surface area contributed by atoms with Crippen LogP contribution < -0.4 is 4.72 Å². The van der Waals surface area contributed by atoms with Crippen molar-refractivity contribution in [1.29, 1.82) is 0 Å². The molecule has 2 heterocycles. The molecule has 0 fully saturated rings. The van der Waals surface area contributed by atoms with Crippen LogP contribution in [0, 0.1) is 6.92 Å². The fraction of sp³-hybridized carbons (Fsp3) is 0.111. The molecule has 0 saturated heterocycles. The summed E-state index contributed by atoms with van der Waals surface area (Å²) >= 11 is 0.851. The number of H-pyrrole nitrogens is 1. The molecule has 0 aliphatic heterocycles. The van der Waals surface area contributed by atoms with Crippen LogP contribution in [0.15, 0.2) is 23.2 Å². The van der Waals surface area contributed by atoms with Crippen LogP contribution >= 0.6 is 11.3 Å². The van der Waals surface area contributed by atoms with Gasteiger partial charge in [-0.15, -0.1) is 11.3 Å². The van der Waals surface area contributed by atoms with Crippen LogP contribution in [0.25, 0.3) is 0 Å². The number of hydrogen-bond acceptors (Lipinski definition) is 5. The van der Waals surface area contributed by atoms with E-state index in [0.717, 1.165) is 11.3 Å². The average molecular weight is 287 g/mol. The number of anilines is 1. The van der Waals surface area contributed by atoms with Gasteiger partial charge < -0.3 is 5.11 Å². The summed E-state index contributed by atoms with van der Waals surface area (Å²) in [4.78, 5) is 10.8. The molecule has 0 spiro atoms. The van der Waals surface area contributed by atoms with Crippen molar-refractivity contribution in [1.82, 2.24) is 10.2 Å². The molecule has 18 heavy (non-hydrogen) atoms. The summed E-state index contributed by atoms with van der Waals surface area (Å²) in [6, 6.07) is 2.74. The van der Waals surface area contributed by atoms with Crippen LogP contribution in [0.3, 0.4) is 0 Å². The van der Waals surface area contributed by atoms with E-state index >= 15 is 0 Å². The summed E-state index contributed by atoms with van der Waals surface area (Å²) in [5, 5.41) is 15.1. The van der Waals surface area contributed by atoms with Gasteiger partial charge in [0.05, 0.1) is 11.9 Å². The highest BCUT2D eigenvalue weighted by atomic mass is 32.2. The number of hydrogen-bond donors (Lipinski definition) is 3. The zero-order chi connectivity index (χ0) is 13.3. The molecule has 0 aliphatic carbocycles. The van der Waals surface area contributed by atoms with Crippen molar-refractivity contribution in [3.63, 3.8) is 0 Å². The molecule has 0 aliphatic rings. The van der Waals surface area contributed by atoms with Gasteiger partial charge in [-0.25, -0.2) is 13.2 Å². The van der Waals surface area contributed by atoms with Gasteiger partial charge in [0.1, 0.15) is 14.8 Å². The van der Waals surface area contributed by atoms with Crippen molar-refractivity contribution < 1.29 is 18.3 Å². The predicted octanol–water partition coefficient (Wildman–Crippen LogP) is 1.28. The number of aromatic nitrogens is 2. The third-order valence-corrected chi connectivity index (χ3v) is 4.72. The Balaban J connectivity index is 2.28. The normalized spacial score (nSPS) is 11.4. The van der Waals surface area contributed by atoms with E-state index in [4.69, 9.17) is 5.11 Å². The van der Waals surface area contributed by atoms with Crippen LogP contribution in [0.2, 0.25) is 0 Å². The fourth-order valence-electron chi connectivity index (χ4n) is 1.31. The summed E-state index contributed by atoms with van der Waals surface area (Å²) in [5.41, 5.74) is 0.414. The van der Waals surface area contributed by atoms with E-state index in [-0.39, 0.29) is 14.8 Å². The van der Waals surface area contributed by atoms with E-state index in [0.29, 0.717) is 5.69 Å². The molecule has 0 unspecified atom stereocenters. The number of aryl methyl sites for hydroxylation is 1. The minimum Gasteiger partial charge on any atom is -0.477 e. The van der Waals surface area contributed by atoms with E-state index < -0.39 is 16.0 Å². The number of sulfonamides is 1. The maximum Gasteiger partial charge on any atom is 0.345 e. The Morgan fingerprint density at radius 1 is 1.50 bits per heavy atom. The van der Waals surface area contributed by atoms with E-state index in [9.17, 15) is 13.2 Å². The maximum absolute atomic E-state index is 12.0. The summed E-state index contributed by atoms with van der Waals surface area (Å²) in [6.07, 6.45) is 1.20. The van der Waals surface area contributed by atoms with Gasteiger partial charge >= 0.3 is 5.97 Å². The van der Waals surface area contributed by atoms with Crippen molar-refractivity contribution in [2.24, 2.45) is 0 Å². The quantitative estimate of drug-likeness (QED) is 0.784. The molecule has 0 amide bonds. The smallest absolute Gasteiger partial charge is 0.345 e. The van der Waals surface area contributed by atoms with Crippen LogP contribution in [0.4, 0.5) is 5.00 Å². The number of carbonyl (C=O) groups is 1. The van der Waals surface area contributed by atoms with E-state index in [2.05, 4.69) is 14.9 Å². The zero-order valence-corrected chi connectivity index (χ0v) is 10.8. The zero-order valence-electron chi connectivity index (χ0n) is 9.17. The third-order valence-electron chi connectivity index (χ3n) is 2.12. The lowest BCUT2D eigenvalue weighted by molar-refractivity contribution is 0.0702. The first kappa shape index (κ1) is 12.6. The molecule has 96 valence electrons. The molecular formula is C9H9N3O4S2. The number of thiophene rings is 1. The first-order chi connectivity index (χ1) is 8.40. The van der Waals surface area contributed by atoms with Crippen LogP contribution in [-0.4, -0.2) is 29.7 Å². The molecule has 2 aromatic rings. The molecule has 0 radical (unpaired) electrons. The lowest BCUT2D eigenvalue weighted by Crippen LogP contribution is -2.12. The molecule has 0 saturated carbocycles. The fourth-order valence-corrected chi connectivity index (χ4v) is 3.48. The maximum atomic E-state index is 12.0. The standard InChI is InChI=1S/C9H9N3O4S2/c1-5-7(4-10-11-5)18(15,16)12-8-3-2-6(17-8)9(13)14/h2-4,12H,1H3,(H,10,11)(H,13,14). The molecule has 0 aromatic carbocycles. The predicted molar refractivity (Wildman–Crippen MR) is 65.4 cm³/mol. The molecule has 9 heteroatoms. The number of carboxylic acids is 1. The second kappa shape index (κ2) is 4.42. The summed E-state index contributed by atoms with van der Waals surface area (Å²) in [7, 11) is -3.74. The van der Waals surface area contributed by atoms with Crippen molar-refractivity contribution in [2.45, 2.75) is 11.8 Å². The first-order valence-electron chi connectivity index (χ1n) is 4.76. The number of aromatic carboxylic acids is 1. The Morgan fingerprint density at radius 3 is 2.72 bits per heavy atom. The van der Waals surface area contributed by atoms with Crippen LogP contribution in [-0.2, 0) is 10.0 Å². The second-order valence-corrected chi connectivity index (χ2v) is 6.17. The Bertz CT molecular complexity index is 686. The molecule has 2 aromatic heterocycles. The van der Waals surface area contributed by atoms with Gasteiger partial charge in [-0.05, 0) is 19.1 Å². The van der Waals surface area contributed by atoms with Gasteiger partial charge in [0.2, 0.25) is 0 Å². The van der Waals surface area contributed by atoms with Gasteiger partial charge in [-0.3, -0.25) is 9.82 Å². The van der Waals surface area contributed by atoms with Crippen molar-refractivity contribution in [2.75, 3.05) is 4.72 Å². The molecular weight excluding hydrogens is 278 g/mol. The number of nitrogens with one attached hydrogen (secondary N) is 2. The first-order valence-corrected chi connectivity index (χ1v) is 7.06. The summed E-state index contributed by atoms with van der Waals surface area (Å²) < 4.78 is 26.2. The highest BCUT2D eigenvalue weighted by molar-refractivity contribution is 7.93. The molecule has 2 rings (SSSR count). The van der Waals surface area contributed by atoms with Crippen LogP contribution in [0.5, 0.6) is 0 Å². The Hall–Kier alpha value is -1.87. The minimum absolute atomic E-state index is 0.0350. The number of rotatable bonds is 4. The highest BCUT2D eigenvalue weighted by Crippen LogP contribution is 2.25. The van der Waals surface area contributed by atoms with Crippen molar-refractivity contribution >= 4 is 32.3 Å². The van der Waals surface area contributed by atoms with Gasteiger partial charge in [0.15, 0.2) is 0 Å². The van der Waals surface area contributed by atoms with E-state index in [1.165, 1.54) is 18.3 Å². The third kappa shape index (κ3) is 2.36. The molecule has 0 atom stereocenters. The summed E-state index contributed by atoms with van der Waals surface area (Å²) in [6.45, 7) is 1.58. The topological polar surface area (TPSA) is 112 Å². The molecule has 0 bridgehead atoms. The van der Waals surface area contributed by atoms with Crippen LogP contribution in [0.1, 0.15) is 15.4 Å². The monoisotopic (exact) mass is 287 g/mol. The number of aromatic amines is 1.